The van der Waals surface area contributed by atoms with E-state index in [0.29, 0.717) is 13.0 Å². The Morgan fingerprint density at radius 3 is 2.56 bits per heavy atom. The SMILES string of the molecule is CCC(=O)Nc1ccc(C(C)NC(=O)NCc2nc3ccccc3s2)cc1. The van der Waals surface area contributed by atoms with Gasteiger partial charge in [-0.15, -0.1) is 11.3 Å². The van der Waals surface area contributed by atoms with E-state index in [1.807, 2.05) is 62.4 Å². The lowest BCUT2D eigenvalue weighted by atomic mass is 10.1. The molecule has 0 aliphatic rings. The van der Waals surface area contributed by atoms with Crippen LogP contribution in [0.25, 0.3) is 10.2 Å². The van der Waals surface area contributed by atoms with Gasteiger partial charge in [0, 0.05) is 12.1 Å². The zero-order valence-electron chi connectivity index (χ0n) is 15.3. The Hall–Kier alpha value is -2.93. The Morgan fingerprint density at radius 1 is 1.11 bits per heavy atom. The Morgan fingerprint density at radius 2 is 1.85 bits per heavy atom. The van der Waals surface area contributed by atoms with Crippen molar-refractivity contribution in [3.05, 3.63) is 59.1 Å². The van der Waals surface area contributed by atoms with Gasteiger partial charge < -0.3 is 16.0 Å². The molecule has 3 N–H and O–H groups in total. The van der Waals surface area contributed by atoms with Gasteiger partial charge in [0.2, 0.25) is 5.91 Å². The molecule has 7 heteroatoms. The van der Waals surface area contributed by atoms with Gasteiger partial charge in [-0.1, -0.05) is 31.2 Å². The molecular weight excluding hydrogens is 360 g/mol. The number of hydrogen-bond acceptors (Lipinski definition) is 4. The minimum Gasteiger partial charge on any atom is -0.332 e. The summed E-state index contributed by atoms with van der Waals surface area (Å²) in [5, 5.41) is 9.43. The van der Waals surface area contributed by atoms with Crippen molar-refractivity contribution in [1.82, 2.24) is 15.6 Å². The predicted molar refractivity (Wildman–Crippen MR) is 109 cm³/mol. The fourth-order valence-corrected chi connectivity index (χ4v) is 3.49. The van der Waals surface area contributed by atoms with Crippen LogP contribution in [-0.4, -0.2) is 16.9 Å². The highest BCUT2D eigenvalue weighted by Crippen LogP contribution is 2.21. The molecule has 0 saturated carbocycles. The van der Waals surface area contributed by atoms with Crippen LogP contribution in [0.1, 0.15) is 36.9 Å². The van der Waals surface area contributed by atoms with Gasteiger partial charge in [0.1, 0.15) is 5.01 Å². The molecule has 0 aliphatic carbocycles. The number of urea groups is 1. The number of carbonyl (C=O) groups excluding carboxylic acids is 2. The summed E-state index contributed by atoms with van der Waals surface area (Å²) in [7, 11) is 0. The average molecular weight is 382 g/mol. The second-order valence-corrected chi connectivity index (χ2v) is 7.26. The number of fused-ring (bicyclic) bond motifs is 1. The highest BCUT2D eigenvalue weighted by molar-refractivity contribution is 7.18. The fourth-order valence-electron chi connectivity index (χ4n) is 2.59. The summed E-state index contributed by atoms with van der Waals surface area (Å²) >= 11 is 1.57. The second kappa shape index (κ2) is 8.64. The first kappa shape index (κ1) is 18.8. The summed E-state index contributed by atoms with van der Waals surface area (Å²) in [6.07, 6.45) is 0.439. The van der Waals surface area contributed by atoms with Crippen LogP contribution in [0.4, 0.5) is 10.5 Å². The van der Waals surface area contributed by atoms with Crippen molar-refractivity contribution < 1.29 is 9.59 Å². The summed E-state index contributed by atoms with van der Waals surface area (Å²) in [6.45, 7) is 4.11. The van der Waals surface area contributed by atoms with Crippen LogP contribution in [0.2, 0.25) is 0 Å². The molecule has 0 radical (unpaired) electrons. The molecule has 140 valence electrons. The number of amides is 3. The first-order valence-electron chi connectivity index (χ1n) is 8.83. The third kappa shape index (κ3) is 5.04. The van der Waals surface area contributed by atoms with Gasteiger partial charge in [0.05, 0.1) is 22.8 Å². The summed E-state index contributed by atoms with van der Waals surface area (Å²) in [5.74, 6) is -0.0249. The Bertz CT molecular complexity index is 904. The van der Waals surface area contributed by atoms with Gasteiger partial charge in [-0.2, -0.15) is 0 Å². The first-order valence-corrected chi connectivity index (χ1v) is 9.65. The van der Waals surface area contributed by atoms with Gasteiger partial charge in [0.25, 0.3) is 0 Å². The number of anilines is 1. The lowest BCUT2D eigenvalue weighted by Gasteiger charge is -2.15. The number of rotatable bonds is 6. The van der Waals surface area contributed by atoms with Crippen molar-refractivity contribution in [2.75, 3.05) is 5.32 Å². The topological polar surface area (TPSA) is 83.1 Å². The number of nitrogens with zero attached hydrogens (tertiary/aromatic N) is 1. The van der Waals surface area contributed by atoms with Gasteiger partial charge in [-0.25, -0.2) is 9.78 Å². The molecule has 1 unspecified atom stereocenters. The van der Waals surface area contributed by atoms with E-state index in [-0.39, 0.29) is 18.0 Å². The normalized spacial score (nSPS) is 11.8. The molecule has 6 nitrogen and oxygen atoms in total. The van der Waals surface area contributed by atoms with E-state index in [2.05, 4.69) is 20.9 Å². The van der Waals surface area contributed by atoms with Crippen molar-refractivity contribution >= 4 is 39.2 Å². The number of aromatic nitrogens is 1. The number of nitrogens with one attached hydrogen (secondary N) is 3. The first-order chi connectivity index (χ1) is 13.0. The van der Waals surface area contributed by atoms with Crippen molar-refractivity contribution in [2.24, 2.45) is 0 Å². The van der Waals surface area contributed by atoms with E-state index in [0.717, 1.165) is 26.5 Å². The van der Waals surface area contributed by atoms with Gasteiger partial charge in [0.15, 0.2) is 0 Å². The van der Waals surface area contributed by atoms with E-state index in [9.17, 15) is 9.59 Å². The minimum atomic E-state index is -0.245. The molecule has 3 aromatic rings. The van der Waals surface area contributed by atoms with E-state index in [1.165, 1.54) is 0 Å². The molecule has 0 bridgehead atoms. The lowest BCUT2D eigenvalue weighted by Crippen LogP contribution is -2.36. The molecule has 1 atom stereocenters. The monoisotopic (exact) mass is 382 g/mol. The maximum atomic E-state index is 12.2. The highest BCUT2D eigenvalue weighted by Gasteiger charge is 2.11. The third-order valence-electron chi connectivity index (χ3n) is 4.10. The maximum Gasteiger partial charge on any atom is 0.315 e. The zero-order chi connectivity index (χ0) is 19.2. The number of thiazole rings is 1. The van der Waals surface area contributed by atoms with Gasteiger partial charge in [-0.3, -0.25) is 4.79 Å². The van der Waals surface area contributed by atoms with E-state index in [4.69, 9.17) is 0 Å². The Kier molecular flexibility index (Phi) is 6.03. The smallest absolute Gasteiger partial charge is 0.315 e. The number of benzene rings is 2. The van der Waals surface area contributed by atoms with Crippen LogP contribution in [0.5, 0.6) is 0 Å². The molecule has 3 rings (SSSR count). The zero-order valence-corrected chi connectivity index (χ0v) is 16.1. The molecule has 0 fully saturated rings. The van der Waals surface area contributed by atoms with Crippen molar-refractivity contribution in [1.29, 1.82) is 0 Å². The number of hydrogen-bond donors (Lipinski definition) is 3. The van der Waals surface area contributed by atoms with Crippen LogP contribution >= 0.6 is 11.3 Å². The summed E-state index contributed by atoms with van der Waals surface area (Å²) < 4.78 is 1.11. The predicted octanol–water partition coefficient (Wildman–Crippen LogP) is 4.21. The highest BCUT2D eigenvalue weighted by atomic mass is 32.1. The van der Waals surface area contributed by atoms with Crippen LogP contribution in [0.15, 0.2) is 48.5 Å². The molecule has 2 aromatic carbocycles. The molecule has 0 spiro atoms. The third-order valence-corrected chi connectivity index (χ3v) is 5.14. The lowest BCUT2D eigenvalue weighted by molar-refractivity contribution is -0.115. The summed E-state index contributed by atoms with van der Waals surface area (Å²) in [6, 6.07) is 15.0. The Balaban J connectivity index is 1.51. The fraction of sp³-hybridized carbons (Fsp3) is 0.250. The van der Waals surface area contributed by atoms with Crippen LogP contribution in [-0.2, 0) is 11.3 Å². The van der Waals surface area contributed by atoms with Crippen LogP contribution in [0, 0.1) is 0 Å². The maximum absolute atomic E-state index is 12.2. The Labute approximate surface area is 162 Å². The molecule has 0 aliphatic heterocycles. The quantitative estimate of drug-likeness (QED) is 0.597. The van der Waals surface area contributed by atoms with E-state index < -0.39 is 0 Å². The van der Waals surface area contributed by atoms with Crippen molar-refractivity contribution in [3.8, 4) is 0 Å². The average Bonchev–Trinajstić information content (AvgIpc) is 3.10. The molecule has 1 aromatic heterocycles. The summed E-state index contributed by atoms with van der Waals surface area (Å²) in [4.78, 5) is 28.1. The number of carbonyl (C=O) groups is 2. The van der Waals surface area contributed by atoms with E-state index in [1.54, 1.807) is 11.3 Å². The van der Waals surface area contributed by atoms with Crippen molar-refractivity contribution in [3.63, 3.8) is 0 Å². The molecule has 3 amide bonds. The molecule has 1 heterocycles. The standard InChI is InChI=1S/C20H22N4O2S/c1-3-18(25)23-15-10-8-14(9-11-15)13(2)22-20(26)21-12-19-24-16-6-4-5-7-17(16)27-19/h4-11,13H,3,12H2,1-2H3,(H,23,25)(H2,21,22,26). The second-order valence-electron chi connectivity index (χ2n) is 6.15. The molecular formula is C20H22N4O2S. The minimum absolute atomic E-state index is 0.0249. The molecule has 27 heavy (non-hydrogen) atoms. The molecule has 0 saturated heterocycles. The van der Waals surface area contributed by atoms with Crippen LogP contribution < -0.4 is 16.0 Å². The number of para-hydroxylation sites is 1. The van der Waals surface area contributed by atoms with Crippen molar-refractivity contribution in [2.45, 2.75) is 32.9 Å². The summed E-state index contributed by atoms with van der Waals surface area (Å²) in [5.41, 5.74) is 2.65. The van der Waals surface area contributed by atoms with E-state index >= 15 is 0 Å². The van der Waals surface area contributed by atoms with Gasteiger partial charge >= 0.3 is 6.03 Å². The van der Waals surface area contributed by atoms with Crippen LogP contribution in [0.3, 0.4) is 0 Å². The largest absolute Gasteiger partial charge is 0.332 e. The van der Waals surface area contributed by atoms with Gasteiger partial charge in [-0.05, 0) is 36.8 Å².